The smallest absolute Gasteiger partial charge is 0.0524 e. The van der Waals surface area contributed by atoms with E-state index in [4.69, 9.17) is 0 Å². The molecule has 0 aromatic heterocycles. The van der Waals surface area contributed by atoms with Crippen LogP contribution in [0.3, 0.4) is 0 Å². The Kier molecular flexibility index (Phi) is 3.09. The van der Waals surface area contributed by atoms with E-state index in [-0.39, 0.29) is 5.41 Å². The Morgan fingerprint density at radius 1 is 1.50 bits per heavy atom. The predicted molar refractivity (Wildman–Crippen MR) is 50.2 cm³/mol. The van der Waals surface area contributed by atoms with Crippen LogP contribution < -0.4 is 5.32 Å². The van der Waals surface area contributed by atoms with E-state index in [0.29, 0.717) is 12.6 Å². The summed E-state index contributed by atoms with van der Waals surface area (Å²) in [4.78, 5) is 2.38. The summed E-state index contributed by atoms with van der Waals surface area (Å²) < 4.78 is 0. The Balaban J connectivity index is 2.35. The maximum Gasteiger partial charge on any atom is 0.0524 e. The van der Waals surface area contributed by atoms with Crippen LogP contribution in [0, 0.1) is 5.41 Å². The molecule has 72 valence electrons. The van der Waals surface area contributed by atoms with E-state index < -0.39 is 0 Å². The van der Waals surface area contributed by atoms with Crippen molar-refractivity contribution in [3.8, 4) is 0 Å². The van der Waals surface area contributed by atoms with Gasteiger partial charge in [-0.25, -0.2) is 0 Å². The van der Waals surface area contributed by atoms with Gasteiger partial charge in [-0.3, -0.25) is 4.90 Å². The Morgan fingerprint density at radius 3 is 2.42 bits per heavy atom. The minimum absolute atomic E-state index is 0.138. The zero-order valence-corrected chi connectivity index (χ0v) is 8.30. The highest BCUT2D eigenvalue weighted by molar-refractivity contribution is 4.96. The molecule has 1 saturated heterocycles. The molecule has 0 amide bonds. The maximum absolute atomic E-state index is 9.20. The van der Waals surface area contributed by atoms with E-state index in [1.807, 2.05) is 7.05 Å². The van der Waals surface area contributed by atoms with Crippen LogP contribution in [0.15, 0.2) is 0 Å². The predicted octanol–water partition coefficient (Wildman–Crippen LogP) is -0.0915. The van der Waals surface area contributed by atoms with Crippen LogP contribution in [0.1, 0.15) is 13.8 Å². The lowest BCUT2D eigenvalue weighted by Gasteiger charge is -2.51. The molecule has 0 unspecified atom stereocenters. The monoisotopic (exact) mass is 172 g/mol. The van der Waals surface area contributed by atoms with Crippen molar-refractivity contribution < 1.29 is 5.11 Å². The summed E-state index contributed by atoms with van der Waals surface area (Å²) in [7, 11) is 1.94. The second-order valence-corrected chi connectivity index (χ2v) is 4.19. The quantitative estimate of drug-likeness (QED) is 0.622. The van der Waals surface area contributed by atoms with Crippen molar-refractivity contribution in [3.05, 3.63) is 0 Å². The molecule has 0 radical (unpaired) electrons. The van der Waals surface area contributed by atoms with E-state index >= 15 is 0 Å². The molecule has 2 N–H and O–H groups in total. The zero-order valence-electron chi connectivity index (χ0n) is 8.30. The van der Waals surface area contributed by atoms with E-state index in [0.717, 1.165) is 19.6 Å². The molecule has 0 aromatic carbocycles. The number of nitrogens with zero attached hydrogens (tertiary/aromatic N) is 1. The molecule has 12 heavy (non-hydrogen) atoms. The third-order valence-corrected chi connectivity index (χ3v) is 2.69. The van der Waals surface area contributed by atoms with Gasteiger partial charge in [-0.1, -0.05) is 0 Å². The molecule has 1 heterocycles. The second kappa shape index (κ2) is 3.73. The molecular weight excluding hydrogens is 152 g/mol. The van der Waals surface area contributed by atoms with Crippen molar-refractivity contribution >= 4 is 0 Å². The first-order chi connectivity index (χ1) is 5.63. The fraction of sp³-hybridized carbons (Fsp3) is 1.00. The van der Waals surface area contributed by atoms with Crippen molar-refractivity contribution in [3.63, 3.8) is 0 Å². The molecule has 1 aliphatic heterocycles. The SMILES string of the molecule is CNCC1(CO)CN(C(C)C)C1. The van der Waals surface area contributed by atoms with Crippen LogP contribution >= 0.6 is 0 Å². The summed E-state index contributed by atoms with van der Waals surface area (Å²) in [6.07, 6.45) is 0. The van der Waals surface area contributed by atoms with Crippen LogP contribution in [0.25, 0.3) is 0 Å². The van der Waals surface area contributed by atoms with Gasteiger partial charge in [0, 0.05) is 31.1 Å². The molecule has 1 aliphatic rings. The van der Waals surface area contributed by atoms with Gasteiger partial charge in [0.25, 0.3) is 0 Å². The number of nitrogens with one attached hydrogen (secondary N) is 1. The standard InChI is InChI=1S/C9H20N2O/c1-8(2)11-5-9(6-11,7-12)4-10-3/h8,10,12H,4-7H2,1-3H3. The van der Waals surface area contributed by atoms with Crippen molar-refractivity contribution in [2.45, 2.75) is 19.9 Å². The third-order valence-electron chi connectivity index (χ3n) is 2.69. The Morgan fingerprint density at radius 2 is 2.08 bits per heavy atom. The van der Waals surface area contributed by atoms with E-state index in [1.54, 1.807) is 0 Å². The average Bonchev–Trinajstić information content (AvgIpc) is 1.95. The summed E-state index contributed by atoms with van der Waals surface area (Å²) in [6, 6.07) is 0.613. The highest BCUT2D eigenvalue weighted by Crippen LogP contribution is 2.30. The number of rotatable bonds is 4. The second-order valence-electron chi connectivity index (χ2n) is 4.19. The van der Waals surface area contributed by atoms with Gasteiger partial charge in [-0.05, 0) is 20.9 Å². The molecule has 0 saturated carbocycles. The largest absolute Gasteiger partial charge is 0.396 e. The lowest BCUT2D eigenvalue weighted by Crippen LogP contribution is -2.63. The zero-order chi connectivity index (χ0) is 9.19. The number of likely N-dealkylation sites (tertiary alicyclic amines) is 1. The topological polar surface area (TPSA) is 35.5 Å². The van der Waals surface area contributed by atoms with Gasteiger partial charge in [-0.15, -0.1) is 0 Å². The summed E-state index contributed by atoms with van der Waals surface area (Å²) >= 11 is 0. The molecule has 0 atom stereocenters. The Hall–Kier alpha value is -0.120. The van der Waals surface area contributed by atoms with Gasteiger partial charge in [0.05, 0.1) is 6.61 Å². The van der Waals surface area contributed by atoms with Gasteiger partial charge in [0.1, 0.15) is 0 Å². The van der Waals surface area contributed by atoms with Gasteiger partial charge in [0.15, 0.2) is 0 Å². The van der Waals surface area contributed by atoms with Crippen LogP contribution in [-0.4, -0.2) is 49.3 Å². The van der Waals surface area contributed by atoms with Crippen molar-refractivity contribution in [1.82, 2.24) is 10.2 Å². The molecule has 3 heteroatoms. The van der Waals surface area contributed by atoms with Crippen molar-refractivity contribution in [1.29, 1.82) is 0 Å². The highest BCUT2D eigenvalue weighted by Gasteiger charge is 2.42. The van der Waals surface area contributed by atoms with Gasteiger partial charge in [0.2, 0.25) is 0 Å². The lowest BCUT2D eigenvalue weighted by molar-refractivity contribution is -0.0549. The van der Waals surface area contributed by atoms with Gasteiger partial charge >= 0.3 is 0 Å². The maximum atomic E-state index is 9.20. The first-order valence-corrected chi connectivity index (χ1v) is 4.63. The summed E-state index contributed by atoms with van der Waals surface area (Å²) in [6.45, 7) is 7.68. The van der Waals surface area contributed by atoms with E-state index in [2.05, 4.69) is 24.1 Å². The van der Waals surface area contributed by atoms with Gasteiger partial charge in [-0.2, -0.15) is 0 Å². The minimum Gasteiger partial charge on any atom is -0.396 e. The van der Waals surface area contributed by atoms with Crippen LogP contribution in [0.5, 0.6) is 0 Å². The fourth-order valence-electron chi connectivity index (χ4n) is 1.82. The number of aliphatic hydroxyl groups is 1. The lowest BCUT2D eigenvalue weighted by atomic mass is 9.79. The first kappa shape index (κ1) is 9.96. The molecule has 0 aromatic rings. The highest BCUT2D eigenvalue weighted by atomic mass is 16.3. The summed E-state index contributed by atoms with van der Waals surface area (Å²) in [5.41, 5.74) is 0.138. The molecule has 0 aliphatic carbocycles. The van der Waals surface area contributed by atoms with Crippen LogP contribution in [0.2, 0.25) is 0 Å². The summed E-state index contributed by atoms with van der Waals surface area (Å²) in [5, 5.41) is 12.3. The van der Waals surface area contributed by atoms with Crippen LogP contribution in [-0.2, 0) is 0 Å². The molecule has 1 rings (SSSR count). The van der Waals surface area contributed by atoms with E-state index in [1.165, 1.54) is 0 Å². The average molecular weight is 172 g/mol. The third kappa shape index (κ3) is 1.79. The molecule has 0 spiro atoms. The number of hydrogen-bond donors (Lipinski definition) is 2. The summed E-state index contributed by atoms with van der Waals surface area (Å²) in [5.74, 6) is 0. The molecule has 0 bridgehead atoms. The first-order valence-electron chi connectivity index (χ1n) is 4.63. The Bertz CT molecular complexity index is 141. The Labute approximate surface area is 74.8 Å². The van der Waals surface area contributed by atoms with Gasteiger partial charge < -0.3 is 10.4 Å². The fourth-order valence-corrected chi connectivity index (χ4v) is 1.82. The molecule has 1 fully saturated rings. The van der Waals surface area contributed by atoms with Crippen molar-refractivity contribution in [2.75, 3.05) is 33.3 Å². The molecule has 3 nitrogen and oxygen atoms in total. The van der Waals surface area contributed by atoms with E-state index in [9.17, 15) is 5.11 Å². The number of aliphatic hydroxyl groups excluding tert-OH is 1. The number of hydrogen-bond acceptors (Lipinski definition) is 3. The minimum atomic E-state index is 0.138. The van der Waals surface area contributed by atoms with Crippen LogP contribution in [0.4, 0.5) is 0 Å². The molecular formula is C9H20N2O. The normalized spacial score (nSPS) is 22.8. The van der Waals surface area contributed by atoms with Crippen molar-refractivity contribution in [2.24, 2.45) is 5.41 Å².